The van der Waals surface area contributed by atoms with Crippen LogP contribution in [0.4, 0.5) is 17.1 Å². The summed E-state index contributed by atoms with van der Waals surface area (Å²) in [7, 11) is 0. The van der Waals surface area contributed by atoms with Crippen LogP contribution in [0, 0.1) is 0 Å². The molecule has 2 heterocycles. The number of fused-ring (bicyclic) bond motifs is 7. The van der Waals surface area contributed by atoms with E-state index in [1.54, 1.807) is 0 Å². The van der Waals surface area contributed by atoms with Crippen LogP contribution in [0.3, 0.4) is 0 Å². The van der Waals surface area contributed by atoms with Gasteiger partial charge in [0.2, 0.25) is 0 Å². The quantitative estimate of drug-likeness (QED) is 0.160. The van der Waals surface area contributed by atoms with Gasteiger partial charge in [-0.2, -0.15) is 0 Å². The van der Waals surface area contributed by atoms with Crippen molar-refractivity contribution in [2.45, 2.75) is 0 Å². The van der Waals surface area contributed by atoms with Gasteiger partial charge in [-0.3, -0.25) is 0 Å². The third-order valence-corrected chi connectivity index (χ3v) is 13.3. The van der Waals surface area contributed by atoms with Gasteiger partial charge in [0.1, 0.15) is 11.2 Å². The summed E-state index contributed by atoms with van der Waals surface area (Å²) in [5, 5.41) is 7.39. The van der Waals surface area contributed by atoms with Crippen LogP contribution in [-0.2, 0) is 0 Å². The first-order chi connectivity index (χ1) is 30.2. The van der Waals surface area contributed by atoms with Gasteiger partial charge < -0.3 is 9.32 Å². The van der Waals surface area contributed by atoms with Crippen LogP contribution in [0.5, 0.6) is 0 Å². The Balaban J connectivity index is 0.962. The topological polar surface area (TPSA) is 16.4 Å². The Bertz CT molecular complexity index is 3430. The van der Waals surface area contributed by atoms with Gasteiger partial charge in [-0.25, -0.2) is 0 Å². The standard InChI is InChI=1S/C58H37NOS/c1-2-18-47-38(12-1)13-9-21-48(47)43-16-7-14-41(36-43)42-15-8-17-46(37-42)59(44-32-28-39(29-33-44)49-22-10-24-53-51-19-3-5-26-55(51)60-57(49)53)45-34-30-40(31-35-45)50-23-11-25-54-52-20-4-6-27-56(52)61-58(50)54/h1-37H. The smallest absolute Gasteiger partial charge is 0.143 e. The summed E-state index contributed by atoms with van der Waals surface area (Å²) < 4.78 is 9.09. The molecule has 0 atom stereocenters. The lowest BCUT2D eigenvalue weighted by Crippen LogP contribution is -2.10. The van der Waals surface area contributed by atoms with E-state index in [2.05, 4.69) is 217 Å². The molecule has 0 spiro atoms. The largest absolute Gasteiger partial charge is 0.455 e. The molecule has 0 amide bonds. The Morgan fingerprint density at radius 1 is 0.328 bits per heavy atom. The highest BCUT2D eigenvalue weighted by Gasteiger charge is 2.18. The zero-order valence-corrected chi connectivity index (χ0v) is 33.9. The number of benzene rings is 10. The van der Waals surface area contributed by atoms with Crippen molar-refractivity contribution in [2.75, 3.05) is 4.90 Å². The fraction of sp³-hybridized carbons (Fsp3) is 0. The zero-order valence-electron chi connectivity index (χ0n) is 33.1. The van der Waals surface area contributed by atoms with E-state index in [1.165, 1.54) is 58.8 Å². The lowest BCUT2D eigenvalue weighted by molar-refractivity contribution is 0.670. The molecule has 0 radical (unpaired) electrons. The summed E-state index contributed by atoms with van der Waals surface area (Å²) in [6.45, 7) is 0. The summed E-state index contributed by atoms with van der Waals surface area (Å²) in [4.78, 5) is 2.37. The molecule has 286 valence electrons. The summed E-state index contributed by atoms with van der Waals surface area (Å²) in [6, 6.07) is 81.1. The average Bonchev–Trinajstić information content (AvgIpc) is 3.91. The van der Waals surface area contributed by atoms with Gasteiger partial charge in [0.05, 0.1) is 0 Å². The molecule has 0 aliphatic rings. The minimum atomic E-state index is 0.905. The summed E-state index contributed by atoms with van der Waals surface area (Å²) in [5.74, 6) is 0. The van der Waals surface area contributed by atoms with Crippen molar-refractivity contribution in [3.8, 4) is 44.5 Å². The molecule has 0 aliphatic heterocycles. The molecule has 0 saturated carbocycles. The Labute approximate surface area is 357 Å². The predicted octanol–water partition coefficient (Wildman–Crippen LogP) is 17.2. The number of anilines is 3. The van der Waals surface area contributed by atoms with Gasteiger partial charge in [-0.15, -0.1) is 11.3 Å². The summed E-state index contributed by atoms with van der Waals surface area (Å²) in [6.07, 6.45) is 0. The first kappa shape index (κ1) is 35.2. The second-order valence-electron chi connectivity index (χ2n) is 15.6. The highest BCUT2D eigenvalue weighted by molar-refractivity contribution is 7.26. The second kappa shape index (κ2) is 14.5. The Kier molecular flexibility index (Phi) is 8.39. The van der Waals surface area contributed by atoms with Gasteiger partial charge in [-0.05, 0) is 104 Å². The zero-order chi connectivity index (χ0) is 40.3. The fourth-order valence-electron chi connectivity index (χ4n) is 9.14. The highest BCUT2D eigenvalue weighted by Crippen LogP contribution is 2.43. The van der Waals surface area contributed by atoms with Gasteiger partial charge in [0.25, 0.3) is 0 Å². The molecular formula is C58H37NOS. The molecule has 2 nitrogen and oxygen atoms in total. The summed E-state index contributed by atoms with van der Waals surface area (Å²) >= 11 is 1.87. The molecule has 10 aromatic carbocycles. The van der Waals surface area contributed by atoms with E-state index >= 15 is 0 Å². The number of hydrogen-bond acceptors (Lipinski definition) is 3. The molecule has 0 aliphatic carbocycles. The first-order valence-corrected chi connectivity index (χ1v) is 21.6. The van der Waals surface area contributed by atoms with Crippen molar-refractivity contribution in [1.29, 1.82) is 0 Å². The molecule has 3 heteroatoms. The lowest BCUT2D eigenvalue weighted by Gasteiger charge is -2.26. The van der Waals surface area contributed by atoms with Gasteiger partial charge in [-0.1, -0.05) is 170 Å². The predicted molar refractivity (Wildman–Crippen MR) is 261 cm³/mol. The third kappa shape index (κ3) is 6.09. The maximum Gasteiger partial charge on any atom is 0.143 e. The number of thiophene rings is 1. The van der Waals surface area contributed by atoms with Crippen LogP contribution in [0.2, 0.25) is 0 Å². The van der Waals surface area contributed by atoms with Crippen molar-refractivity contribution in [2.24, 2.45) is 0 Å². The minimum Gasteiger partial charge on any atom is -0.455 e. The Hall–Kier alpha value is -7.72. The number of para-hydroxylation sites is 2. The number of furan rings is 1. The van der Waals surface area contributed by atoms with Gasteiger partial charge in [0, 0.05) is 53.6 Å². The van der Waals surface area contributed by atoms with E-state index in [1.807, 2.05) is 23.5 Å². The normalized spacial score (nSPS) is 11.6. The van der Waals surface area contributed by atoms with Crippen LogP contribution in [0.15, 0.2) is 229 Å². The first-order valence-electron chi connectivity index (χ1n) is 20.7. The van der Waals surface area contributed by atoms with E-state index in [0.29, 0.717) is 0 Å². The maximum absolute atomic E-state index is 6.45. The molecule has 0 unspecified atom stereocenters. The van der Waals surface area contributed by atoms with E-state index in [0.717, 1.165) is 55.7 Å². The minimum absolute atomic E-state index is 0.905. The van der Waals surface area contributed by atoms with E-state index in [4.69, 9.17) is 4.42 Å². The monoisotopic (exact) mass is 795 g/mol. The van der Waals surface area contributed by atoms with Crippen LogP contribution in [0.25, 0.3) is 97.4 Å². The van der Waals surface area contributed by atoms with Crippen LogP contribution in [-0.4, -0.2) is 0 Å². The molecule has 0 bridgehead atoms. The van der Waals surface area contributed by atoms with Gasteiger partial charge >= 0.3 is 0 Å². The molecule has 12 aromatic rings. The second-order valence-corrected chi connectivity index (χ2v) is 16.7. The van der Waals surface area contributed by atoms with E-state index in [9.17, 15) is 0 Å². The average molecular weight is 796 g/mol. The van der Waals surface area contributed by atoms with Crippen molar-refractivity contribution < 1.29 is 4.42 Å². The van der Waals surface area contributed by atoms with E-state index < -0.39 is 0 Å². The number of nitrogens with zero attached hydrogens (tertiary/aromatic N) is 1. The Morgan fingerprint density at radius 2 is 0.885 bits per heavy atom. The van der Waals surface area contributed by atoms with Crippen LogP contribution in [0.1, 0.15) is 0 Å². The molecule has 0 N–H and O–H groups in total. The summed E-state index contributed by atoms with van der Waals surface area (Å²) in [5.41, 5.74) is 14.5. The number of hydrogen-bond donors (Lipinski definition) is 0. The molecule has 0 fully saturated rings. The molecule has 61 heavy (non-hydrogen) atoms. The molecule has 12 rings (SSSR count). The van der Waals surface area contributed by atoms with Crippen molar-refractivity contribution >= 4 is 81.3 Å². The van der Waals surface area contributed by atoms with Crippen molar-refractivity contribution in [3.63, 3.8) is 0 Å². The molecule has 2 aromatic heterocycles. The van der Waals surface area contributed by atoms with E-state index in [-0.39, 0.29) is 0 Å². The van der Waals surface area contributed by atoms with Crippen molar-refractivity contribution in [1.82, 2.24) is 0 Å². The SMILES string of the molecule is c1cc(-c2cccc(N(c3ccc(-c4cccc5c4oc4ccccc45)cc3)c3ccc(-c4cccc5c4sc4ccccc45)cc3)c2)cc(-c2cccc3ccccc23)c1. The number of rotatable bonds is 7. The Morgan fingerprint density at radius 3 is 1.70 bits per heavy atom. The highest BCUT2D eigenvalue weighted by atomic mass is 32.1. The molecule has 0 saturated heterocycles. The van der Waals surface area contributed by atoms with Crippen molar-refractivity contribution in [3.05, 3.63) is 224 Å². The molecular weight excluding hydrogens is 759 g/mol. The lowest BCUT2D eigenvalue weighted by atomic mass is 9.95. The maximum atomic E-state index is 6.45. The van der Waals surface area contributed by atoms with Crippen LogP contribution >= 0.6 is 11.3 Å². The van der Waals surface area contributed by atoms with Crippen LogP contribution < -0.4 is 4.90 Å². The van der Waals surface area contributed by atoms with Gasteiger partial charge in [0.15, 0.2) is 0 Å². The third-order valence-electron chi connectivity index (χ3n) is 12.1. The fourth-order valence-corrected chi connectivity index (χ4v) is 10.4.